The van der Waals surface area contributed by atoms with Gasteiger partial charge >= 0.3 is 0 Å². The quantitative estimate of drug-likeness (QED) is 0.146. The molecule has 0 radical (unpaired) electrons. The molecule has 0 aliphatic heterocycles. The number of benzene rings is 7. The van der Waals surface area contributed by atoms with E-state index >= 15 is 0 Å². The van der Waals surface area contributed by atoms with Gasteiger partial charge in [0.2, 0.25) is 0 Å². The molecule has 2 heterocycles. The molecule has 0 bridgehead atoms. The van der Waals surface area contributed by atoms with Crippen LogP contribution in [-0.4, -0.2) is 24.9 Å². The predicted molar refractivity (Wildman–Crippen MR) is 225 cm³/mol. The summed E-state index contributed by atoms with van der Waals surface area (Å²) < 4.78 is 0. The van der Waals surface area contributed by atoms with Gasteiger partial charge in [0.25, 0.3) is 0 Å². The summed E-state index contributed by atoms with van der Waals surface area (Å²) in [4.78, 5) is 28.5. The van der Waals surface area contributed by atoms with Gasteiger partial charge < -0.3 is 0 Å². The SMILES string of the molecule is [C-]#[N+]c1ccccc1-c1nc(-c2ccccc2)nc(-c2ccc(-c3cccc(-c4nc(-c5ccccc5)cc(-c5cccc(-c6ccccc6)c5)n4)c3)cc2)n1. The molecule has 0 N–H and O–H groups in total. The van der Waals surface area contributed by atoms with Crippen molar-refractivity contribution in [1.82, 2.24) is 24.9 Å². The molecule has 0 saturated carbocycles. The van der Waals surface area contributed by atoms with Gasteiger partial charge in [-0.15, -0.1) is 0 Å². The second-order valence-electron chi connectivity index (χ2n) is 13.2. The zero-order valence-electron chi connectivity index (χ0n) is 30.2. The number of rotatable bonds is 8. The average molecular weight is 717 g/mol. The standard InChI is InChI=1S/C50H32N6/c1-51-44-26-12-11-25-43(44)50-55-47(37-19-9-4-10-20-37)54-48(56-50)38-29-27-35(28-30-38)40-22-14-24-42(32-40)49-52-45(36-17-7-3-8-18-36)33-46(53-49)41-23-13-21-39(31-41)34-15-5-2-6-16-34/h2-33H. The van der Waals surface area contributed by atoms with Crippen LogP contribution in [0.25, 0.3) is 95.2 Å². The van der Waals surface area contributed by atoms with Gasteiger partial charge in [-0.3, -0.25) is 0 Å². The van der Waals surface area contributed by atoms with Crippen molar-refractivity contribution >= 4 is 5.69 Å². The fourth-order valence-electron chi connectivity index (χ4n) is 6.72. The molecule has 56 heavy (non-hydrogen) atoms. The lowest BCUT2D eigenvalue weighted by atomic mass is 9.99. The molecule has 6 heteroatoms. The van der Waals surface area contributed by atoms with E-state index in [-0.39, 0.29) is 0 Å². The van der Waals surface area contributed by atoms with Crippen molar-refractivity contribution < 1.29 is 0 Å². The van der Waals surface area contributed by atoms with Gasteiger partial charge in [-0.05, 0) is 40.5 Å². The van der Waals surface area contributed by atoms with Crippen molar-refractivity contribution in [3.05, 3.63) is 206 Å². The second kappa shape index (κ2) is 15.2. The smallest absolute Gasteiger partial charge is 0.198 e. The molecule has 0 aliphatic carbocycles. The van der Waals surface area contributed by atoms with Crippen molar-refractivity contribution in [2.24, 2.45) is 0 Å². The first-order valence-corrected chi connectivity index (χ1v) is 18.3. The number of hydrogen-bond donors (Lipinski definition) is 0. The predicted octanol–water partition coefficient (Wildman–Crippen LogP) is 12.5. The molecule has 262 valence electrons. The zero-order valence-corrected chi connectivity index (χ0v) is 30.2. The summed E-state index contributed by atoms with van der Waals surface area (Å²) in [6.07, 6.45) is 0. The first-order valence-electron chi connectivity index (χ1n) is 18.3. The van der Waals surface area contributed by atoms with Gasteiger partial charge in [0, 0.05) is 33.4 Å². The lowest BCUT2D eigenvalue weighted by Crippen LogP contribution is -2.00. The largest absolute Gasteiger partial charge is 0.237 e. The highest BCUT2D eigenvalue weighted by Gasteiger charge is 2.16. The van der Waals surface area contributed by atoms with Crippen LogP contribution in [0.4, 0.5) is 5.69 Å². The summed E-state index contributed by atoms with van der Waals surface area (Å²) in [6.45, 7) is 7.73. The third-order valence-corrected chi connectivity index (χ3v) is 9.59. The molecule has 0 fully saturated rings. The maximum absolute atomic E-state index is 7.73. The minimum absolute atomic E-state index is 0.459. The molecule has 0 unspecified atom stereocenters. The van der Waals surface area contributed by atoms with Crippen LogP contribution in [0, 0.1) is 6.57 Å². The van der Waals surface area contributed by atoms with Gasteiger partial charge in [-0.1, -0.05) is 176 Å². The third-order valence-electron chi connectivity index (χ3n) is 9.59. The first-order chi connectivity index (χ1) is 27.7. The Morgan fingerprint density at radius 2 is 0.696 bits per heavy atom. The molecule has 7 aromatic carbocycles. The fourth-order valence-corrected chi connectivity index (χ4v) is 6.72. The molecular formula is C50H32N6. The molecule has 9 aromatic rings. The lowest BCUT2D eigenvalue weighted by molar-refractivity contribution is 1.07. The van der Waals surface area contributed by atoms with Crippen LogP contribution in [0.2, 0.25) is 0 Å². The van der Waals surface area contributed by atoms with Crippen molar-refractivity contribution in [1.29, 1.82) is 0 Å². The Balaban J connectivity index is 1.08. The summed E-state index contributed by atoms with van der Waals surface area (Å²) >= 11 is 0. The average Bonchev–Trinajstić information content (AvgIpc) is 3.29. The molecule has 0 amide bonds. The number of aromatic nitrogens is 5. The van der Waals surface area contributed by atoms with Crippen molar-refractivity contribution in [2.75, 3.05) is 0 Å². The Labute approximate surface area is 325 Å². The Bertz CT molecular complexity index is 2850. The Kier molecular flexibility index (Phi) is 9.23. The van der Waals surface area contributed by atoms with Crippen LogP contribution in [0.5, 0.6) is 0 Å². The van der Waals surface area contributed by atoms with Crippen molar-refractivity contribution in [3.8, 4) is 90.3 Å². The number of nitrogens with zero attached hydrogens (tertiary/aromatic N) is 6. The molecule has 6 nitrogen and oxygen atoms in total. The summed E-state index contributed by atoms with van der Waals surface area (Å²) in [5.74, 6) is 2.19. The van der Waals surface area contributed by atoms with Crippen LogP contribution in [0.3, 0.4) is 0 Å². The first kappa shape index (κ1) is 33.9. The van der Waals surface area contributed by atoms with Crippen LogP contribution in [-0.2, 0) is 0 Å². The van der Waals surface area contributed by atoms with Crippen LogP contribution in [0.15, 0.2) is 194 Å². The van der Waals surface area contributed by atoms with E-state index < -0.39 is 0 Å². The van der Waals surface area contributed by atoms with E-state index in [1.807, 2.05) is 91.0 Å². The van der Waals surface area contributed by atoms with E-state index in [1.165, 1.54) is 0 Å². The van der Waals surface area contributed by atoms with Crippen LogP contribution < -0.4 is 0 Å². The number of para-hydroxylation sites is 1. The minimum atomic E-state index is 0.459. The van der Waals surface area contributed by atoms with Gasteiger partial charge in [0.05, 0.1) is 18.0 Å². The zero-order chi connectivity index (χ0) is 37.7. The number of hydrogen-bond acceptors (Lipinski definition) is 5. The lowest BCUT2D eigenvalue weighted by Gasteiger charge is -2.12. The van der Waals surface area contributed by atoms with Crippen LogP contribution >= 0.6 is 0 Å². The summed E-state index contributed by atoms with van der Waals surface area (Å²) in [7, 11) is 0. The van der Waals surface area contributed by atoms with Crippen LogP contribution in [0.1, 0.15) is 0 Å². The summed E-state index contributed by atoms with van der Waals surface area (Å²) in [6, 6.07) is 65.0. The molecule has 0 aliphatic rings. The van der Waals surface area contributed by atoms with E-state index in [1.54, 1.807) is 6.07 Å². The summed E-state index contributed by atoms with van der Waals surface area (Å²) in [5, 5.41) is 0. The van der Waals surface area contributed by atoms with E-state index in [0.717, 1.165) is 61.5 Å². The Morgan fingerprint density at radius 3 is 1.34 bits per heavy atom. The van der Waals surface area contributed by atoms with Gasteiger partial charge in [-0.25, -0.2) is 29.8 Å². The monoisotopic (exact) mass is 716 g/mol. The van der Waals surface area contributed by atoms with Gasteiger partial charge in [-0.2, -0.15) is 0 Å². The van der Waals surface area contributed by atoms with Gasteiger partial charge in [0.1, 0.15) is 0 Å². The minimum Gasteiger partial charge on any atom is -0.237 e. The molecule has 0 atom stereocenters. The maximum atomic E-state index is 7.73. The normalized spacial score (nSPS) is 10.8. The molecule has 9 rings (SSSR count). The van der Waals surface area contributed by atoms with Crippen molar-refractivity contribution in [2.45, 2.75) is 0 Å². The van der Waals surface area contributed by atoms with E-state index in [0.29, 0.717) is 34.5 Å². The highest BCUT2D eigenvalue weighted by Crippen LogP contribution is 2.34. The Hall–Kier alpha value is -7.88. The highest BCUT2D eigenvalue weighted by molar-refractivity contribution is 5.79. The van der Waals surface area contributed by atoms with E-state index in [2.05, 4.69) is 102 Å². The maximum Gasteiger partial charge on any atom is 0.198 e. The Morgan fingerprint density at radius 1 is 0.286 bits per heavy atom. The molecule has 0 saturated heterocycles. The topological polar surface area (TPSA) is 68.8 Å². The van der Waals surface area contributed by atoms with Crippen molar-refractivity contribution in [3.63, 3.8) is 0 Å². The summed E-state index contributed by atoms with van der Waals surface area (Å²) in [5.41, 5.74) is 11.9. The molecule has 2 aromatic heterocycles. The van der Waals surface area contributed by atoms with E-state index in [4.69, 9.17) is 31.5 Å². The highest BCUT2D eigenvalue weighted by atomic mass is 15.0. The van der Waals surface area contributed by atoms with Gasteiger partial charge in [0.15, 0.2) is 29.0 Å². The van der Waals surface area contributed by atoms with E-state index in [9.17, 15) is 0 Å². The molecular weight excluding hydrogens is 685 g/mol. The second-order valence-corrected chi connectivity index (χ2v) is 13.2. The third kappa shape index (κ3) is 7.08. The fraction of sp³-hybridized carbons (Fsp3) is 0. The molecule has 0 spiro atoms.